The monoisotopic (exact) mass is 212 g/mol. The maximum Gasteiger partial charge on any atom is 0.391 e. The number of ether oxygens (including phenoxy) is 1. The van der Waals surface area contributed by atoms with Crippen LogP contribution in [0.5, 0.6) is 0 Å². The van der Waals surface area contributed by atoms with Crippen LogP contribution in [0.1, 0.15) is 20.3 Å². The molecule has 0 rings (SSSR count). The predicted molar refractivity (Wildman–Crippen MR) is 41.5 cm³/mol. The van der Waals surface area contributed by atoms with Gasteiger partial charge < -0.3 is 4.74 Å². The lowest BCUT2D eigenvalue weighted by Gasteiger charge is -2.13. The van der Waals surface area contributed by atoms with Gasteiger partial charge in [-0.3, -0.25) is 4.79 Å². The summed E-state index contributed by atoms with van der Waals surface area (Å²) in [5, 5.41) is 0. The fourth-order valence-corrected chi connectivity index (χ4v) is 0.689. The van der Waals surface area contributed by atoms with Gasteiger partial charge in [0.2, 0.25) is 5.78 Å². The number of esters is 1. The molecule has 0 aliphatic heterocycles. The summed E-state index contributed by atoms with van der Waals surface area (Å²) in [6, 6.07) is 0. The molecule has 0 saturated carbocycles. The SMILES string of the molecule is CCOC(=O)C(=O)CC(C)C(F)(F)F. The van der Waals surface area contributed by atoms with Crippen LogP contribution in [-0.2, 0) is 14.3 Å². The van der Waals surface area contributed by atoms with Gasteiger partial charge >= 0.3 is 12.1 Å². The van der Waals surface area contributed by atoms with Gasteiger partial charge in [-0.15, -0.1) is 0 Å². The summed E-state index contributed by atoms with van der Waals surface area (Å²) in [4.78, 5) is 21.5. The van der Waals surface area contributed by atoms with E-state index in [2.05, 4.69) is 4.74 Å². The Labute approximate surface area is 79.2 Å². The number of ketones is 1. The third-order valence-corrected chi connectivity index (χ3v) is 1.55. The number of carbonyl (C=O) groups excluding carboxylic acids is 2. The molecule has 0 heterocycles. The van der Waals surface area contributed by atoms with Gasteiger partial charge in [0.15, 0.2) is 0 Å². The zero-order chi connectivity index (χ0) is 11.4. The molecule has 0 aliphatic carbocycles. The molecule has 0 aromatic heterocycles. The largest absolute Gasteiger partial charge is 0.460 e. The van der Waals surface area contributed by atoms with E-state index in [-0.39, 0.29) is 6.61 Å². The first-order valence-corrected chi connectivity index (χ1v) is 4.05. The van der Waals surface area contributed by atoms with E-state index in [1.165, 1.54) is 6.92 Å². The van der Waals surface area contributed by atoms with E-state index in [9.17, 15) is 22.8 Å². The van der Waals surface area contributed by atoms with E-state index in [4.69, 9.17) is 0 Å². The first-order chi connectivity index (χ1) is 6.29. The molecule has 0 saturated heterocycles. The second-order valence-corrected chi connectivity index (χ2v) is 2.79. The maximum absolute atomic E-state index is 12.0. The van der Waals surface area contributed by atoms with Gasteiger partial charge in [0.1, 0.15) is 0 Å². The lowest BCUT2D eigenvalue weighted by Crippen LogP contribution is -2.27. The average Bonchev–Trinajstić information content (AvgIpc) is 2.02. The number of hydrogen-bond donors (Lipinski definition) is 0. The van der Waals surface area contributed by atoms with Gasteiger partial charge in [0.05, 0.1) is 12.5 Å². The van der Waals surface area contributed by atoms with Crippen molar-refractivity contribution < 1.29 is 27.5 Å². The number of hydrogen-bond acceptors (Lipinski definition) is 3. The van der Waals surface area contributed by atoms with Crippen molar-refractivity contribution in [2.45, 2.75) is 26.4 Å². The Balaban J connectivity index is 4.13. The van der Waals surface area contributed by atoms with E-state index in [0.29, 0.717) is 0 Å². The molecule has 0 radical (unpaired) electrons. The van der Waals surface area contributed by atoms with Gasteiger partial charge in [-0.1, -0.05) is 6.92 Å². The Morgan fingerprint density at radius 1 is 1.36 bits per heavy atom. The maximum atomic E-state index is 12.0. The van der Waals surface area contributed by atoms with Gasteiger partial charge in [-0.2, -0.15) is 13.2 Å². The van der Waals surface area contributed by atoms with Crippen LogP contribution in [0.25, 0.3) is 0 Å². The van der Waals surface area contributed by atoms with Crippen molar-refractivity contribution in [1.82, 2.24) is 0 Å². The highest BCUT2D eigenvalue weighted by molar-refractivity contribution is 6.33. The number of rotatable bonds is 4. The van der Waals surface area contributed by atoms with Gasteiger partial charge in [0.25, 0.3) is 0 Å². The lowest BCUT2D eigenvalue weighted by atomic mass is 10.0. The Morgan fingerprint density at radius 2 is 1.86 bits per heavy atom. The van der Waals surface area contributed by atoms with Crippen molar-refractivity contribution in [2.24, 2.45) is 5.92 Å². The van der Waals surface area contributed by atoms with Crippen molar-refractivity contribution in [3.8, 4) is 0 Å². The standard InChI is InChI=1S/C8H11F3O3/c1-3-14-7(13)6(12)4-5(2)8(9,10)11/h5H,3-4H2,1-2H3. The van der Waals surface area contributed by atoms with Crippen LogP contribution in [0.2, 0.25) is 0 Å². The zero-order valence-electron chi connectivity index (χ0n) is 7.85. The second-order valence-electron chi connectivity index (χ2n) is 2.79. The lowest BCUT2D eigenvalue weighted by molar-refractivity contribution is -0.176. The van der Waals surface area contributed by atoms with E-state index in [1.807, 2.05) is 0 Å². The molecule has 0 aromatic rings. The average molecular weight is 212 g/mol. The first kappa shape index (κ1) is 12.9. The van der Waals surface area contributed by atoms with Crippen molar-refractivity contribution in [2.75, 3.05) is 6.61 Å². The zero-order valence-corrected chi connectivity index (χ0v) is 7.85. The molecule has 0 N–H and O–H groups in total. The van der Waals surface area contributed by atoms with E-state index < -0.39 is 30.3 Å². The van der Waals surface area contributed by atoms with E-state index in [0.717, 1.165) is 6.92 Å². The fraction of sp³-hybridized carbons (Fsp3) is 0.750. The summed E-state index contributed by atoms with van der Waals surface area (Å²) in [6.45, 7) is 2.29. The first-order valence-electron chi connectivity index (χ1n) is 4.05. The van der Waals surface area contributed by atoms with Gasteiger partial charge in [-0.05, 0) is 6.92 Å². The summed E-state index contributed by atoms with van der Waals surface area (Å²) in [5.41, 5.74) is 0. The van der Waals surface area contributed by atoms with E-state index in [1.54, 1.807) is 0 Å². The molecule has 0 amide bonds. The van der Waals surface area contributed by atoms with Crippen LogP contribution in [-0.4, -0.2) is 24.5 Å². The van der Waals surface area contributed by atoms with Crippen LogP contribution >= 0.6 is 0 Å². The second kappa shape index (κ2) is 4.97. The molecule has 14 heavy (non-hydrogen) atoms. The highest BCUT2D eigenvalue weighted by Gasteiger charge is 2.38. The molecule has 0 aromatic carbocycles. The number of Topliss-reactive ketones (excluding diaryl/α,β-unsaturated/α-hetero) is 1. The number of alkyl halides is 3. The van der Waals surface area contributed by atoms with Crippen molar-refractivity contribution in [3.63, 3.8) is 0 Å². The fourth-order valence-electron chi connectivity index (χ4n) is 0.689. The van der Waals surface area contributed by atoms with Crippen LogP contribution in [0, 0.1) is 5.92 Å². The van der Waals surface area contributed by atoms with Crippen LogP contribution in [0.4, 0.5) is 13.2 Å². The summed E-state index contributed by atoms with van der Waals surface area (Å²) >= 11 is 0. The Hall–Kier alpha value is -1.07. The van der Waals surface area contributed by atoms with Crippen molar-refractivity contribution >= 4 is 11.8 Å². The molecule has 1 atom stereocenters. The number of halogens is 3. The molecule has 0 bridgehead atoms. The summed E-state index contributed by atoms with van der Waals surface area (Å²) in [7, 11) is 0. The van der Waals surface area contributed by atoms with Gasteiger partial charge in [-0.25, -0.2) is 4.79 Å². The Kier molecular flexibility index (Phi) is 4.59. The van der Waals surface area contributed by atoms with Crippen LogP contribution in [0.15, 0.2) is 0 Å². The molecule has 3 nitrogen and oxygen atoms in total. The van der Waals surface area contributed by atoms with Crippen molar-refractivity contribution in [3.05, 3.63) is 0 Å². The minimum Gasteiger partial charge on any atom is -0.460 e. The smallest absolute Gasteiger partial charge is 0.391 e. The van der Waals surface area contributed by atoms with Crippen LogP contribution < -0.4 is 0 Å². The highest BCUT2D eigenvalue weighted by atomic mass is 19.4. The van der Waals surface area contributed by atoms with Gasteiger partial charge in [0, 0.05) is 6.42 Å². The number of carbonyl (C=O) groups is 2. The highest BCUT2D eigenvalue weighted by Crippen LogP contribution is 2.28. The molecule has 0 fully saturated rings. The molecular formula is C8H11F3O3. The molecule has 0 spiro atoms. The summed E-state index contributed by atoms with van der Waals surface area (Å²) < 4.78 is 40.1. The Morgan fingerprint density at radius 3 is 2.21 bits per heavy atom. The third-order valence-electron chi connectivity index (χ3n) is 1.55. The third kappa shape index (κ3) is 4.25. The van der Waals surface area contributed by atoms with E-state index >= 15 is 0 Å². The predicted octanol–water partition coefficient (Wildman–Crippen LogP) is 1.71. The topological polar surface area (TPSA) is 43.4 Å². The molecule has 0 aliphatic rings. The molecule has 1 unspecified atom stereocenters. The minimum absolute atomic E-state index is 0.0228. The Bertz CT molecular complexity index is 222. The molecular weight excluding hydrogens is 201 g/mol. The van der Waals surface area contributed by atoms with Crippen molar-refractivity contribution in [1.29, 1.82) is 0 Å². The molecule has 82 valence electrons. The molecule has 6 heteroatoms. The minimum atomic E-state index is -4.46. The summed E-state index contributed by atoms with van der Waals surface area (Å²) in [6.07, 6.45) is -5.31. The quantitative estimate of drug-likeness (QED) is 0.526. The summed E-state index contributed by atoms with van der Waals surface area (Å²) in [5.74, 6) is -4.17. The van der Waals surface area contributed by atoms with Crippen LogP contribution in [0.3, 0.4) is 0 Å². The normalized spacial score (nSPS) is 13.5.